The van der Waals surface area contributed by atoms with Crippen LogP contribution in [-0.2, 0) is 5.41 Å². The molecule has 1 unspecified atom stereocenters. The van der Waals surface area contributed by atoms with E-state index >= 15 is 0 Å². The molecule has 0 aliphatic heterocycles. The number of pyridine rings is 1. The van der Waals surface area contributed by atoms with E-state index in [0.29, 0.717) is 0 Å². The van der Waals surface area contributed by atoms with Crippen molar-refractivity contribution >= 4 is 5.82 Å². The molecule has 0 aromatic carbocycles. The summed E-state index contributed by atoms with van der Waals surface area (Å²) in [4.78, 5) is 4.31. The minimum absolute atomic E-state index is 0.0398. The minimum atomic E-state index is 0.0398. The molecule has 3 heteroatoms. The van der Waals surface area contributed by atoms with Crippen LogP contribution in [0.1, 0.15) is 33.3 Å². The zero-order chi connectivity index (χ0) is 11.5. The molecule has 0 radical (unpaired) electrons. The van der Waals surface area contributed by atoms with E-state index < -0.39 is 0 Å². The van der Waals surface area contributed by atoms with Crippen molar-refractivity contribution in [1.82, 2.24) is 4.98 Å². The second-order valence-electron chi connectivity index (χ2n) is 4.91. The van der Waals surface area contributed by atoms with Gasteiger partial charge in [0.2, 0.25) is 0 Å². The van der Waals surface area contributed by atoms with Gasteiger partial charge in [0, 0.05) is 12.2 Å². The maximum Gasteiger partial charge on any atom is 0.126 e. The third kappa shape index (κ3) is 3.51. The van der Waals surface area contributed by atoms with Crippen molar-refractivity contribution < 1.29 is 5.11 Å². The number of aliphatic hydroxyl groups excluding tert-OH is 1. The van der Waals surface area contributed by atoms with Crippen molar-refractivity contribution in [1.29, 1.82) is 0 Å². The summed E-state index contributed by atoms with van der Waals surface area (Å²) in [7, 11) is 0. The van der Waals surface area contributed by atoms with E-state index in [2.05, 4.69) is 37.1 Å². The van der Waals surface area contributed by atoms with Crippen molar-refractivity contribution in [3.8, 4) is 0 Å². The van der Waals surface area contributed by atoms with Crippen LogP contribution in [0.5, 0.6) is 0 Å². The van der Waals surface area contributed by atoms with Crippen molar-refractivity contribution in [2.75, 3.05) is 11.9 Å². The van der Waals surface area contributed by atoms with Crippen LogP contribution in [0.25, 0.3) is 0 Å². The number of aliphatic hydroxyl groups is 1. The molecule has 0 fully saturated rings. The van der Waals surface area contributed by atoms with Gasteiger partial charge in [-0.2, -0.15) is 0 Å². The van der Waals surface area contributed by atoms with Gasteiger partial charge in [0.25, 0.3) is 0 Å². The van der Waals surface area contributed by atoms with E-state index in [1.165, 1.54) is 5.56 Å². The molecule has 15 heavy (non-hydrogen) atoms. The fraction of sp³-hybridized carbons (Fsp3) is 0.583. The molecule has 3 nitrogen and oxygen atoms in total. The molecule has 84 valence electrons. The summed E-state index contributed by atoms with van der Waals surface area (Å²) in [5.74, 6) is 0.810. The fourth-order valence-corrected chi connectivity index (χ4v) is 1.22. The van der Waals surface area contributed by atoms with E-state index in [4.69, 9.17) is 5.11 Å². The van der Waals surface area contributed by atoms with E-state index in [1.54, 1.807) is 0 Å². The lowest BCUT2D eigenvalue weighted by Gasteiger charge is -2.19. The third-order valence-electron chi connectivity index (χ3n) is 2.30. The van der Waals surface area contributed by atoms with Crippen LogP contribution < -0.4 is 5.32 Å². The maximum atomic E-state index is 8.89. The topological polar surface area (TPSA) is 45.1 Å². The zero-order valence-electron chi connectivity index (χ0n) is 9.91. The molecule has 0 aliphatic carbocycles. The van der Waals surface area contributed by atoms with Crippen molar-refractivity contribution in [3.05, 3.63) is 23.9 Å². The van der Waals surface area contributed by atoms with Crippen molar-refractivity contribution in [2.45, 2.75) is 39.2 Å². The summed E-state index contributed by atoms with van der Waals surface area (Å²) >= 11 is 0. The van der Waals surface area contributed by atoms with Crippen LogP contribution in [0, 0.1) is 0 Å². The number of hydrogen-bond acceptors (Lipinski definition) is 3. The van der Waals surface area contributed by atoms with Crippen LogP contribution >= 0.6 is 0 Å². The van der Waals surface area contributed by atoms with Gasteiger partial charge in [0.1, 0.15) is 5.82 Å². The number of nitrogens with one attached hydrogen (secondary N) is 1. The minimum Gasteiger partial charge on any atom is -0.394 e. The van der Waals surface area contributed by atoms with Crippen LogP contribution in [0.2, 0.25) is 0 Å². The predicted molar refractivity (Wildman–Crippen MR) is 63.1 cm³/mol. The van der Waals surface area contributed by atoms with Gasteiger partial charge in [-0.1, -0.05) is 26.8 Å². The number of aromatic nitrogens is 1. The van der Waals surface area contributed by atoms with Gasteiger partial charge >= 0.3 is 0 Å². The number of nitrogens with zero attached hydrogens (tertiary/aromatic N) is 1. The Morgan fingerprint density at radius 2 is 2.07 bits per heavy atom. The molecule has 0 aliphatic rings. The summed E-state index contributed by atoms with van der Waals surface area (Å²) < 4.78 is 0. The Balaban J connectivity index is 2.73. The second-order valence-corrected chi connectivity index (χ2v) is 4.91. The largest absolute Gasteiger partial charge is 0.394 e. The number of hydrogen-bond donors (Lipinski definition) is 2. The standard InChI is InChI=1S/C12H20N2O/c1-9(8-15)14-11-6-5-10(7-13-11)12(2,3)4/h5-7,9,15H,8H2,1-4H3,(H,13,14). The SMILES string of the molecule is CC(CO)Nc1ccc(C(C)(C)C)cn1. The molecule has 0 amide bonds. The van der Waals surface area contributed by atoms with Crippen LogP contribution in [0.3, 0.4) is 0 Å². The van der Waals surface area contributed by atoms with E-state index in [0.717, 1.165) is 5.82 Å². The van der Waals surface area contributed by atoms with Crippen molar-refractivity contribution in [3.63, 3.8) is 0 Å². The fourth-order valence-electron chi connectivity index (χ4n) is 1.22. The molecule has 0 bridgehead atoms. The highest BCUT2D eigenvalue weighted by Gasteiger charge is 2.13. The normalized spacial score (nSPS) is 13.7. The molecule has 1 rings (SSSR count). The summed E-state index contributed by atoms with van der Waals surface area (Å²) in [6.45, 7) is 8.51. The second kappa shape index (κ2) is 4.62. The van der Waals surface area contributed by atoms with Gasteiger partial charge in [0.05, 0.1) is 6.61 Å². The van der Waals surface area contributed by atoms with E-state index in [-0.39, 0.29) is 18.1 Å². The van der Waals surface area contributed by atoms with Gasteiger partial charge in [-0.25, -0.2) is 4.98 Å². The van der Waals surface area contributed by atoms with E-state index in [1.807, 2.05) is 19.2 Å². The van der Waals surface area contributed by atoms with Crippen molar-refractivity contribution in [2.24, 2.45) is 0 Å². The Kier molecular flexibility index (Phi) is 3.69. The first kappa shape index (κ1) is 12.0. The van der Waals surface area contributed by atoms with Crippen LogP contribution in [-0.4, -0.2) is 22.7 Å². The Morgan fingerprint density at radius 3 is 2.47 bits per heavy atom. The average molecular weight is 208 g/mol. The molecule has 1 aromatic heterocycles. The number of rotatable bonds is 3. The highest BCUT2D eigenvalue weighted by Crippen LogP contribution is 2.21. The Morgan fingerprint density at radius 1 is 1.40 bits per heavy atom. The highest BCUT2D eigenvalue weighted by molar-refractivity contribution is 5.37. The Hall–Kier alpha value is -1.09. The monoisotopic (exact) mass is 208 g/mol. The summed E-state index contributed by atoms with van der Waals surface area (Å²) in [5.41, 5.74) is 1.35. The van der Waals surface area contributed by atoms with Gasteiger partial charge in [-0.3, -0.25) is 0 Å². The van der Waals surface area contributed by atoms with Crippen LogP contribution in [0.15, 0.2) is 18.3 Å². The molecule has 0 saturated carbocycles. The zero-order valence-corrected chi connectivity index (χ0v) is 9.91. The smallest absolute Gasteiger partial charge is 0.126 e. The Labute approximate surface area is 91.5 Å². The first-order valence-corrected chi connectivity index (χ1v) is 5.27. The lowest BCUT2D eigenvalue weighted by Crippen LogP contribution is -2.20. The first-order valence-electron chi connectivity index (χ1n) is 5.27. The van der Waals surface area contributed by atoms with Gasteiger partial charge in [-0.15, -0.1) is 0 Å². The van der Waals surface area contributed by atoms with Gasteiger partial charge in [0.15, 0.2) is 0 Å². The highest BCUT2D eigenvalue weighted by atomic mass is 16.3. The van der Waals surface area contributed by atoms with Crippen LogP contribution in [0.4, 0.5) is 5.82 Å². The number of anilines is 1. The summed E-state index contributed by atoms with van der Waals surface area (Å²) in [6, 6.07) is 4.06. The molecule has 0 spiro atoms. The van der Waals surface area contributed by atoms with Gasteiger partial charge < -0.3 is 10.4 Å². The molecule has 1 heterocycles. The lowest BCUT2D eigenvalue weighted by molar-refractivity contribution is 0.281. The molecule has 1 atom stereocenters. The van der Waals surface area contributed by atoms with Gasteiger partial charge in [-0.05, 0) is 24.0 Å². The predicted octanol–water partition coefficient (Wildman–Crippen LogP) is 2.17. The lowest BCUT2D eigenvalue weighted by atomic mass is 9.88. The molecular formula is C12H20N2O. The first-order chi connectivity index (χ1) is 6.93. The molecular weight excluding hydrogens is 188 g/mol. The summed E-state index contributed by atoms with van der Waals surface area (Å²) in [5, 5.41) is 12.0. The quantitative estimate of drug-likeness (QED) is 0.800. The Bertz CT molecular complexity index is 300. The maximum absolute atomic E-state index is 8.89. The molecule has 2 N–H and O–H groups in total. The molecule has 1 aromatic rings. The third-order valence-corrected chi connectivity index (χ3v) is 2.30. The summed E-state index contributed by atoms with van der Waals surface area (Å²) in [6.07, 6.45) is 1.88. The molecule has 0 saturated heterocycles. The average Bonchev–Trinajstić information content (AvgIpc) is 2.17. The van der Waals surface area contributed by atoms with E-state index in [9.17, 15) is 0 Å².